The molecule has 1 aromatic carbocycles. The Morgan fingerprint density at radius 1 is 1.19 bits per heavy atom. The van der Waals surface area contributed by atoms with Gasteiger partial charge in [0.15, 0.2) is 0 Å². The van der Waals surface area contributed by atoms with Crippen molar-refractivity contribution in [2.45, 2.75) is 50.7 Å². The fraction of sp³-hybridized carbons (Fsp3) is 0.385. The van der Waals surface area contributed by atoms with Crippen molar-refractivity contribution in [3.05, 3.63) is 65.0 Å². The molecule has 0 aliphatic carbocycles. The standard InChI is InChI=1S/C26H31N7O3/c1-26(2,27)24(35)30-20(13-16-14-29-19-6-4-3-5-18(16)19)23(34)32-11-8-17(9-12-32)33-22-7-10-28-15-21(22)31-25(33)36/h3-7,10,14-15,17,20,29H,8-9,11-13,27H2,1-2H3,(H,30,35)(H,31,36)/t20-/m1/s1. The number of hydrogen-bond acceptors (Lipinski definition) is 5. The minimum atomic E-state index is -1.11. The Labute approximate surface area is 207 Å². The molecule has 0 bridgehead atoms. The summed E-state index contributed by atoms with van der Waals surface area (Å²) in [6.45, 7) is 4.21. The van der Waals surface area contributed by atoms with Crippen LogP contribution in [0.1, 0.15) is 38.3 Å². The molecule has 188 valence electrons. The summed E-state index contributed by atoms with van der Waals surface area (Å²) in [5, 5.41) is 3.91. The van der Waals surface area contributed by atoms with Gasteiger partial charge < -0.3 is 25.9 Å². The largest absolute Gasteiger partial charge is 0.361 e. The summed E-state index contributed by atoms with van der Waals surface area (Å²) < 4.78 is 1.76. The lowest BCUT2D eigenvalue weighted by Crippen LogP contribution is -2.57. The first-order chi connectivity index (χ1) is 17.2. The van der Waals surface area contributed by atoms with E-state index in [2.05, 4.69) is 20.3 Å². The van der Waals surface area contributed by atoms with Gasteiger partial charge in [-0.25, -0.2) is 4.79 Å². The van der Waals surface area contributed by atoms with Crippen LogP contribution in [-0.2, 0) is 16.0 Å². The zero-order chi connectivity index (χ0) is 25.4. The number of rotatable bonds is 6. The number of carbonyl (C=O) groups is 2. The quantitative estimate of drug-likeness (QED) is 0.327. The maximum Gasteiger partial charge on any atom is 0.326 e. The number of aromatic nitrogens is 4. The number of fused-ring (bicyclic) bond motifs is 2. The second kappa shape index (κ2) is 9.27. The number of aromatic amines is 2. The van der Waals surface area contributed by atoms with Crippen molar-refractivity contribution < 1.29 is 9.59 Å². The summed E-state index contributed by atoms with van der Waals surface area (Å²) in [5.41, 5.74) is 8.18. The van der Waals surface area contributed by atoms with Gasteiger partial charge in [0.05, 0.1) is 22.8 Å². The van der Waals surface area contributed by atoms with E-state index in [9.17, 15) is 14.4 Å². The average molecular weight is 490 g/mol. The second-order valence-electron chi connectivity index (χ2n) is 10.1. The van der Waals surface area contributed by atoms with E-state index in [1.54, 1.807) is 35.7 Å². The van der Waals surface area contributed by atoms with Crippen LogP contribution in [0.15, 0.2) is 53.7 Å². The molecule has 10 nitrogen and oxygen atoms in total. The van der Waals surface area contributed by atoms with Crippen LogP contribution in [0, 0.1) is 0 Å². The third-order valence-corrected chi connectivity index (χ3v) is 6.95. The average Bonchev–Trinajstić information content (AvgIpc) is 3.42. The molecule has 4 heterocycles. The molecule has 1 aliphatic heterocycles. The number of carbonyl (C=O) groups excluding carboxylic acids is 2. The fourth-order valence-corrected chi connectivity index (χ4v) is 4.97. The van der Waals surface area contributed by atoms with Crippen molar-refractivity contribution in [2.24, 2.45) is 5.73 Å². The lowest BCUT2D eigenvalue weighted by molar-refractivity contribution is -0.138. The van der Waals surface area contributed by atoms with Gasteiger partial charge in [-0.05, 0) is 44.4 Å². The van der Waals surface area contributed by atoms with Gasteiger partial charge in [-0.1, -0.05) is 18.2 Å². The van der Waals surface area contributed by atoms with Crippen LogP contribution < -0.4 is 16.7 Å². The molecule has 0 saturated carbocycles. The molecule has 0 radical (unpaired) electrons. The highest BCUT2D eigenvalue weighted by Crippen LogP contribution is 2.26. The van der Waals surface area contributed by atoms with E-state index >= 15 is 0 Å². The summed E-state index contributed by atoms with van der Waals surface area (Å²) in [5.74, 6) is -0.527. The summed E-state index contributed by atoms with van der Waals surface area (Å²) >= 11 is 0. The number of nitrogens with zero attached hydrogens (tertiary/aromatic N) is 3. The van der Waals surface area contributed by atoms with Crippen LogP contribution in [0.3, 0.4) is 0 Å². The van der Waals surface area contributed by atoms with Crippen molar-refractivity contribution in [1.82, 2.24) is 29.7 Å². The van der Waals surface area contributed by atoms with E-state index in [0.717, 1.165) is 22.0 Å². The monoisotopic (exact) mass is 489 g/mol. The summed E-state index contributed by atoms with van der Waals surface area (Å²) in [7, 11) is 0. The molecule has 36 heavy (non-hydrogen) atoms. The van der Waals surface area contributed by atoms with Gasteiger partial charge in [0.1, 0.15) is 6.04 Å². The molecule has 4 aromatic rings. The van der Waals surface area contributed by atoms with E-state index in [1.807, 2.05) is 36.5 Å². The van der Waals surface area contributed by atoms with Crippen LogP contribution in [0.2, 0.25) is 0 Å². The first-order valence-corrected chi connectivity index (χ1v) is 12.2. The second-order valence-corrected chi connectivity index (χ2v) is 10.1. The zero-order valence-electron chi connectivity index (χ0n) is 20.5. The van der Waals surface area contributed by atoms with E-state index in [4.69, 9.17) is 5.73 Å². The van der Waals surface area contributed by atoms with Crippen LogP contribution in [0.5, 0.6) is 0 Å². The number of H-pyrrole nitrogens is 2. The predicted molar refractivity (Wildman–Crippen MR) is 137 cm³/mol. The lowest BCUT2D eigenvalue weighted by Gasteiger charge is -2.35. The molecule has 5 rings (SSSR count). The summed E-state index contributed by atoms with van der Waals surface area (Å²) in [6, 6.07) is 8.92. The molecule has 3 aromatic heterocycles. The Hall–Kier alpha value is -3.92. The number of imidazole rings is 1. The molecule has 1 aliphatic rings. The minimum Gasteiger partial charge on any atom is -0.361 e. The summed E-state index contributed by atoms with van der Waals surface area (Å²) in [6.07, 6.45) is 6.81. The van der Waals surface area contributed by atoms with E-state index in [-0.39, 0.29) is 23.5 Å². The van der Waals surface area contributed by atoms with E-state index < -0.39 is 11.6 Å². The van der Waals surface area contributed by atoms with Crippen LogP contribution in [0.4, 0.5) is 0 Å². The van der Waals surface area contributed by atoms with Crippen molar-refractivity contribution in [2.75, 3.05) is 13.1 Å². The fourth-order valence-electron chi connectivity index (χ4n) is 4.97. The van der Waals surface area contributed by atoms with Crippen LogP contribution in [-0.4, -0.2) is 60.9 Å². The Morgan fingerprint density at radius 2 is 1.94 bits per heavy atom. The maximum absolute atomic E-state index is 13.7. The number of piperidine rings is 1. The first kappa shape index (κ1) is 23.8. The SMILES string of the molecule is CC(C)(N)C(=O)N[C@H](Cc1c[nH]c2ccccc12)C(=O)N1CCC(n2c(=O)[nH]c3cnccc32)CC1. The van der Waals surface area contributed by atoms with Crippen LogP contribution >= 0.6 is 0 Å². The van der Waals surface area contributed by atoms with Crippen molar-refractivity contribution >= 4 is 33.8 Å². The number of hydrogen-bond donors (Lipinski definition) is 4. The van der Waals surface area contributed by atoms with Crippen molar-refractivity contribution in [1.29, 1.82) is 0 Å². The normalized spacial score (nSPS) is 15.9. The van der Waals surface area contributed by atoms with E-state index in [0.29, 0.717) is 37.9 Å². The van der Waals surface area contributed by atoms with Crippen molar-refractivity contribution in [3.8, 4) is 0 Å². The third-order valence-electron chi connectivity index (χ3n) is 6.95. The van der Waals surface area contributed by atoms with Gasteiger partial charge in [-0.15, -0.1) is 0 Å². The molecule has 0 spiro atoms. The number of amides is 2. The van der Waals surface area contributed by atoms with E-state index in [1.165, 1.54) is 0 Å². The molecule has 2 amide bonds. The highest BCUT2D eigenvalue weighted by molar-refractivity contribution is 5.92. The number of nitrogens with two attached hydrogens (primary N) is 1. The minimum absolute atomic E-state index is 0.0256. The Bertz CT molecular complexity index is 1470. The highest BCUT2D eigenvalue weighted by atomic mass is 16.2. The molecule has 10 heteroatoms. The first-order valence-electron chi connectivity index (χ1n) is 12.2. The molecule has 5 N–H and O–H groups in total. The molecule has 1 atom stereocenters. The Kier molecular flexibility index (Phi) is 6.13. The Morgan fingerprint density at radius 3 is 2.69 bits per heavy atom. The van der Waals surface area contributed by atoms with Gasteiger partial charge in [0.2, 0.25) is 11.8 Å². The molecule has 1 saturated heterocycles. The third kappa shape index (κ3) is 4.51. The number of para-hydroxylation sites is 1. The van der Waals surface area contributed by atoms with Gasteiger partial charge in [-0.3, -0.25) is 19.1 Å². The predicted octanol–water partition coefficient (Wildman–Crippen LogP) is 1.83. The topological polar surface area (TPSA) is 142 Å². The number of nitrogens with one attached hydrogen (secondary N) is 3. The molecular weight excluding hydrogens is 458 g/mol. The Balaban J connectivity index is 1.34. The van der Waals surface area contributed by atoms with Crippen LogP contribution in [0.25, 0.3) is 21.9 Å². The maximum atomic E-state index is 13.7. The summed E-state index contributed by atoms with van der Waals surface area (Å²) in [4.78, 5) is 51.0. The van der Waals surface area contributed by atoms with Gasteiger partial charge in [0.25, 0.3) is 0 Å². The smallest absolute Gasteiger partial charge is 0.326 e. The molecular formula is C26H31N7O3. The molecule has 1 fully saturated rings. The number of likely N-dealkylation sites (tertiary alicyclic amines) is 1. The van der Waals surface area contributed by atoms with Gasteiger partial charge in [-0.2, -0.15) is 0 Å². The zero-order valence-corrected chi connectivity index (χ0v) is 20.5. The number of benzene rings is 1. The molecule has 0 unspecified atom stereocenters. The van der Waals surface area contributed by atoms with Gasteiger partial charge in [0, 0.05) is 48.8 Å². The highest BCUT2D eigenvalue weighted by Gasteiger charge is 2.33. The number of pyridine rings is 1. The van der Waals surface area contributed by atoms with Crippen molar-refractivity contribution in [3.63, 3.8) is 0 Å². The lowest BCUT2D eigenvalue weighted by atomic mass is 9.99. The van der Waals surface area contributed by atoms with Gasteiger partial charge >= 0.3 is 5.69 Å².